The minimum Gasteiger partial charge on any atom is -0.478 e. The Bertz CT molecular complexity index is 1340. The van der Waals surface area contributed by atoms with Gasteiger partial charge in [-0.1, -0.05) is 18.2 Å². The Labute approximate surface area is 207 Å². The number of carboxylic acid groups (broad SMARTS) is 1. The van der Waals surface area contributed by atoms with Gasteiger partial charge < -0.3 is 14.7 Å². The molecular formula is C25H25N7O4. The van der Waals surface area contributed by atoms with Crippen molar-refractivity contribution in [1.82, 2.24) is 24.6 Å². The summed E-state index contributed by atoms with van der Waals surface area (Å²) < 4.78 is 7.42. The van der Waals surface area contributed by atoms with Crippen molar-refractivity contribution in [2.75, 3.05) is 24.5 Å². The zero-order valence-corrected chi connectivity index (χ0v) is 19.9. The Kier molecular flexibility index (Phi) is 7.36. The summed E-state index contributed by atoms with van der Waals surface area (Å²) in [6.45, 7) is 3.79. The van der Waals surface area contributed by atoms with Gasteiger partial charge >= 0.3 is 11.9 Å². The van der Waals surface area contributed by atoms with Gasteiger partial charge in [0, 0.05) is 68.6 Å². The summed E-state index contributed by atoms with van der Waals surface area (Å²) in [5, 5.41) is 22.8. The van der Waals surface area contributed by atoms with Crippen LogP contribution in [0.25, 0.3) is 11.3 Å². The second kappa shape index (κ2) is 10.8. The summed E-state index contributed by atoms with van der Waals surface area (Å²) in [6.07, 6.45) is 6.03. The van der Waals surface area contributed by atoms with Crippen LogP contribution in [0.15, 0.2) is 55.0 Å². The number of aliphatic carboxylic acids is 1. The van der Waals surface area contributed by atoms with Gasteiger partial charge in [-0.25, -0.2) is 14.6 Å². The highest BCUT2D eigenvalue weighted by Gasteiger charge is 2.32. The van der Waals surface area contributed by atoms with Crippen molar-refractivity contribution >= 4 is 17.8 Å². The molecule has 1 fully saturated rings. The van der Waals surface area contributed by atoms with Crippen LogP contribution in [0.5, 0.6) is 0 Å². The third-order valence-electron chi connectivity index (χ3n) is 5.82. The van der Waals surface area contributed by atoms with Gasteiger partial charge in [0.25, 0.3) is 0 Å². The lowest BCUT2D eigenvalue weighted by Gasteiger charge is -2.41. The molecule has 0 spiro atoms. The number of nitriles is 1. The minimum absolute atomic E-state index is 0.270. The first-order valence-corrected chi connectivity index (χ1v) is 11.3. The van der Waals surface area contributed by atoms with E-state index in [0.717, 1.165) is 23.4 Å². The van der Waals surface area contributed by atoms with Crippen LogP contribution in [0.3, 0.4) is 0 Å². The number of hydrogen-bond acceptors (Lipinski definition) is 9. The first-order chi connectivity index (χ1) is 17.4. The number of aryl methyl sites for hydroxylation is 2. The van der Waals surface area contributed by atoms with E-state index in [2.05, 4.69) is 21.1 Å². The number of carbonyl (C=O) groups is 2. The first kappa shape index (κ1) is 24.6. The third-order valence-corrected chi connectivity index (χ3v) is 5.82. The zero-order chi connectivity index (χ0) is 25.7. The van der Waals surface area contributed by atoms with Crippen molar-refractivity contribution in [3.63, 3.8) is 0 Å². The van der Waals surface area contributed by atoms with Gasteiger partial charge in [0.05, 0.1) is 23.9 Å². The van der Waals surface area contributed by atoms with Gasteiger partial charge in [0.2, 0.25) is 0 Å². The van der Waals surface area contributed by atoms with Gasteiger partial charge in [-0.05, 0) is 13.0 Å². The van der Waals surface area contributed by atoms with Gasteiger partial charge in [0.15, 0.2) is 12.0 Å². The number of benzene rings is 1. The molecule has 3 aromatic rings. The molecule has 184 valence electrons. The summed E-state index contributed by atoms with van der Waals surface area (Å²) >= 11 is 0. The Hall–Kier alpha value is -4.56. The van der Waals surface area contributed by atoms with E-state index in [9.17, 15) is 14.9 Å². The maximum absolute atomic E-state index is 12.4. The summed E-state index contributed by atoms with van der Waals surface area (Å²) in [5.41, 5.74) is 3.57. The smallest absolute Gasteiger partial charge is 0.332 e. The summed E-state index contributed by atoms with van der Waals surface area (Å²) in [6, 6.07) is 9.37. The maximum atomic E-state index is 12.4. The average Bonchev–Trinajstić information content (AvgIpc) is 3.20. The van der Waals surface area contributed by atoms with Gasteiger partial charge in [-0.15, -0.1) is 0 Å². The Balaban J connectivity index is 1.63. The maximum Gasteiger partial charge on any atom is 0.332 e. The zero-order valence-electron chi connectivity index (χ0n) is 19.9. The molecule has 0 bridgehead atoms. The predicted molar refractivity (Wildman–Crippen MR) is 129 cm³/mol. The van der Waals surface area contributed by atoms with Crippen molar-refractivity contribution in [2.45, 2.75) is 19.7 Å². The van der Waals surface area contributed by atoms with E-state index in [0.29, 0.717) is 42.3 Å². The molecule has 11 nitrogen and oxygen atoms in total. The molecule has 0 aliphatic carbocycles. The van der Waals surface area contributed by atoms with E-state index in [-0.39, 0.29) is 6.54 Å². The van der Waals surface area contributed by atoms with E-state index in [4.69, 9.17) is 9.84 Å². The Morgan fingerprint density at radius 3 is 2.72 bits per heavy atom. The van der Waals surface area contributed by atoms with Crippen LogP contribution < -0.4 is 4.90 Å². The molecular weight excluding hydrogens is 462 g/mol. The van der Waals surface area contributed by atoms with Crippen molar-refractivity contribution in [3.8, 4) is 17.3 Å². The number of piperazine rings is 1. The van der Waals surface area contributed by atoms with E-state index in [1.807, 2.05) is 42.1 Å². The SMILES string of the molecule is Cc1nn(C)cc1CN1CCN(c2nccnc2-c2ccccc2C#N)CC1OC(=O)/C=C/C(=O)O. The number of hydrogen-bond donors (Lipinski definition) is 1. The number of anilines is 1. The molecule has 0 radical (unpaired) electrons. The largest absolute Gasteiger partial charge is 0.478 e. The van der Waals surface area contributed by atoms with Crippen LogP contribution in [-0.4, -0.2) is 67.6 Å². The molecule has 3 heterocycles. The molecule has 1 N–H and O–H groups in total. The van der Waals surface area contributed by atoms with Crippen LogP contribution in [-0.2, 0) is 27.9 Å². The lowest BCUT2D eigenvalue weighted by Crippen LogP contribution is -2.54. The molecule has 1 aromatic carbocycles. The van der Waals surface area contributed by atoms with Crippen LogP contribution >= 0.6 is 0 Å². The topological polar surface area (TPSA) is 137 Å². The molecule has 11 heteroatoms. The lowest BCUT2D eigenvalue weighted by atomic mass is 10.0. The highest BCUT2D eigenvalue weighted by Crippen LogP contribution is 2.31. The molecule has 1 saturated heterocycles. The number of esters is 1. The van der Waals surface area contributed by atoms with Crippen LogP contribution in [0, 0.1) is 18.3 Å². The normalized spacial score (nSPS) is 16.1. The number of rotatable bonds is 7. The molecule has 1 aliphatic rings. The highest BCUT2D eigenvalue weighted by molar-refractivity contribution is 5.90. The van der Waals surface area contributed by atoms with Crippen LogP contribution in [0.1, 0.15) is 16.8 Å². The second-order valence-corrected chi connectivity index (χ2v) is 8.28. The molecule has 1 atom stereocenters. The fourth-order valence-electron chi connectivity index (χ4n) is 4.15. The van der Waals surface area contributed by atoms with Gasteiger partial charge in [-0.2, -0.15) is 10.4 Å². The number of aromatic nitrogens is 4. The fraction of sp³-hybridized carbons (Fsp3) is 0.280. The quantitative estimate of drug-likeness (QED) is 0.388. The van der Waals surface area contributed by atoms with E-state index >= 15 is 0 Å². The van der Waals surface area contributed by atoms with Crippen LogP contribution in [0.4, 0.5) is 5.82 Å². The second-order valence-electron chi connectivity index (χ2n) is 8.28. The number of ether oxygens (including phenoxy) is 1. The number of carbonyl (C=O) groups excluding carboxylic acids is 1. The number of nitrogens with zero attached hydrogens (tertiary/aromatic N) is 7. The Morgan fingerprint density at radius 2 is 2.00 bits per heavy atom. The Morgan fingerprint density at radius 1 is 1.22 bits per heavy atom. The van der Waals surface area contributed by atoms with Gasteiger partial charge in [0.1, 0.15) is 5.69 Å². The third kappa shape index (κ3) is 5.56. The van der Waals surface area contributed by atoms with E-state index in [1.165, 1.54) is 0 Å². The van der Waals surface area contributed by atoms with Crippen molar-refractivity contribution in [3.05, 3.63) is 71.8 Å². The highest BCUT2D eigenvalue weighted by atomic mass is 16.6. The molecule has 36 heavy (non-hydrogen) atoms. The van der Waals surface area contributed by atoms with Crippen molar-refractivity contribution in [1.29, 1.82) is 5.26 Å². The summed E-state index contributed by atoms with van der Waals surface area (Å²) in [4.78, 5) is 36.3. The van der Waals surface area contributed by atoms with E-state index in [1.54, 1.807) is 29.2 Å². The molecule has 1 aliphatic heterocycles. The average molecular weight is 488 g/mol. The molecule has 0 saturated carbocycles. The van der Waals surface area contributed by atoms with Crippen molar-refractivity contribution < 1.29 is 19.4 Å². The van der Waals surface area contributed by atoms with Crippen molar-refractivity contribution in [2.24, 2.45) is 7.05 Å². The number of carboxylic acids is 1. The van der Waals surface area contributed by atoms with E-state index < -0.39 is 18.2 Å². The van der Waals surface area contributed by atoms with Gasteiger partial charge in [-0.3, -0.25) is 14.6 Å². The standard InChI is InChI=1S/C25H25N7O4/c1-17-19(14-30(2)29-17)15-31-11-12-32(16-21(31)36-23(35)8-7-22(33)34)25-24(27-9-10-28-25)20-6-4-3-5-18(20)13-26/h3-10,14,21H,11-12,15-16H2,1-2H3,(H,33,34)/b8-7+. The summed E-state index contributed by atoms with van der Waals surface area (Å²) in [5.74, 6) is -1.42. The fourth-order valence-corrected chi connectivity index (χ4v) is 4.15. The minimum atomic E-state index is -1.24. The molecule has 0 amide bonds. The van der Waals surface area contributed by atoms with Crippen LogP contribution in [0.2, 0.25) is 0 Å². The summed E-state index contributed by atoms with van der Waals surface area (Å²) in [7, 11) is 1.84. The lowest BCUT2D eigenvalue weighted by molar-refractivity contribution is -0.154. The molecule has 1 unspecified atom stereocenters. The molecule has 2 aromatic heterocycles. The first-order valence-electron chi connectivity index (χ1n) is 11.3. The molecule has 4 rings (SSSR count). The predicted octanol–water partition coefficient (Wildman–Crippen LogP) is 1.89. The monoisotopic (exact) mass is 487 g/mol.